The molecule has 0 saturated carbocycles. The first-order chi connectivity index (χ1) is 11.3. The van der Waals surface area contributed by atoms with Crippen LogP contribution in [-0.4, -0.2) is 34.2 Å². The Kier molecular flexibility index (Phi) is 5.38. The van der Waals surface area contributed by atoms with E-state index in [-0.39, 0.29) is 18.3 Å². The maximum atomic E-state index is 12.7. The quantitative estimate of drug-likeness (QED) is 0.768. The van der Waals surface area contributed by atoms with E-state index in [0.717, 1.165) is 11.3 Å². The zero-order valence-electron chi connectivity index (χ0n) is 14.3. The number of nitrogens with zero attached hydrogens (tertiary/aromatic N) is 2. The Morgan fingerprint density at radius 2 is 2.00 bits per heavy atom. The van der Waals surface area contributed by atoms with Crippen LogP contribution in [0, 0.1) is 6.92 Å². The minimum Gasteiger partial charge on any atom is -0.464 e. The monoisotopic (exact) mass is 352 g/mol. The molecule has 0 aliphatic heterocycles. The molecule has 0 spiro atoms. The van der Waals surface area contributed by atoms with Crippen LogP contribution in [0.2, 0.25) is 0 Å². The number of fused-ring (bicyclic) bond motifs is 1. The molecular formula is C16H20N2O5S. The lowest BCUT2D eigenvalue weighted by molar-refractivity contribution is -0.146. The van der Waals surface area contributed by atoms with Crippen molar-refractivity contribution in [3.05, 3.63) is 27.1 Å². The molecule has 130 valence electrons. The Bertz CT molecular complexity index is 837. The van der Waals surface area contributed by atoms with Gasteiger partial charge in [-0.25, -0.2) is 14.6 Å². The molecule has 0 radical (unpaired) electrons. The van der Waals surface area contributed by atoms with Gasteiger partial charge in [0.2, 0.25) is 0 Å². The molecule has 0 aromatic carbocycles. The van der Waals surface area contributed by atoms with Crippen LogP contribution >= 0.6 is 11.3 Å². The van der Waals surface area contributed by atoms with E-state index in [9.17, 15) is 14.4 Å². The first-order valence-electron chi connectivity index (χ1n) is 7.65. The summed E-state index contributed by atoms with van der Waals surface area (Å²) in [5.41, 5.74) is 0.140. The number of rotatable bonds is 5. The second-order valence-electron chi connectivity index (χ2n) is 5.58. The minimum absolute atomic E-state index is 0.232. The molecule has 1 atom stereocenters. The van der Waals surface area contributed by atoms with Crippen molar-refractivity contribution in [1.29, 1.82) is 0 Å². The molecule has 0 aliphatic carbocycles. The Morgan fingerprint density at radius 3 is 2.58 bits per heavy atom. The topological polar surface area (TPSA) is 87.5 Å². The van der Waals surface area contributed by atoms with E-state index in [2.05, 4.69) is 4.98 Å². The van der Waals surface area contributed by atoms with Crippen molar-refractivity contribution in [3.8, 4) is 0 Å². The van der Waals surface area contributed by atoms with E-state index < -0.39 is 18.0 Å². The van der Waals surface area contributed by atoms with Crippen LogP contribution in [-0.2, 0) is 14.3 Å². The number of thiophene rings is 1. The second kappa shape index (κ2) is 7.12. The molecule has 2 aromatic rings. The van der Waals surface area contributed by atoms with Gasteiger partial charge in [-0.2, -0.15) is 0 Å². The highest BCUT2D eigenvalue weighted by atomic mass is 32.1. The molecule has 0 unspecified atom stereocenters. The number of hydrogen-bond acceptors (Lipinski definition) is 7. The third-order valence-corrected chi connectivity index (χ3v) is 4.63. The number of aryl methyl sites for hydroxylation is 1. The predicted octanol–water partition coefficient (Wildman–Crippen LogP) is 2.46. The van der Waals surface area contributed by atoms with Crippen molar-refractivity contribution in [2.24, 2.45) is 0 Å². The van der Waals surface area contributed by atoms with Gasteiger partial charge in [0.25, 0.3) is 5.56 Å². The van der Waals surface area contributed by atoms with E-state index in [4.69, 9.17) is 9.47 Å². The van der Waals surface area contributed by atoms with E-state index >= 15 is 0 Å². The average Bonchev–Trinajstić information content (AvgIpc) is 2.84. The van der Waals surface area contributed by atoms with Crippen molar-refractivity contribution in [2.75, 3.05) is 6.61 Å². The Labute approximate surface area is 143 Å². The first kappa shape index (κ1) is 18.1. The predicted molar refractivity (Wildman–Crippen MR) is 90.5 cm³/mol. The van der Waals surface area contributed by atoms with Crippen LogP contribution in [0.1, 0.15) is 49.0 Å². The van der Waals surface area contributed by atoms with Gasteiger partial charge >= 0.3 is 11.9 Å². The van der Waals surface area contributed by atoms with E-state index in [1.807, 2.05) is 0 Å². The highest BCUT2D eigenvalue weighted by Gasteiger charge is 2.24. The van der Waals surface area contributed by atoms with Gasteiger partial charge in [0.15, 0.2) is 0 Å². The lowest BCUT2D eigenvalue weighted by atomic mass is 10.2. The molecule has 0 bridgehead atoms. The summed E-state index contributed by atoms with van der Waals surface area (Å²) in [5.74, 6) is -0.983. The van der Waals surface area contributed by atoms with Gasteiger partial charge < -0.3 is 9.47 Å². The van der Waals surface area contributed by atoms with Crippen molar-refractivity contribution < 1.29 is 19.1 Å². The Morgan fingerprint density at radius 1 is 1.33 bits per heavy atom. The maximum Gasteiger partial charge on any atom is 0.348 e. The molecule has 0 amide bonds. The summed E-state index contributed by atoms with van der Waals surface area (Å²) in [6, 6.07) is -0.792. The molecule has 24 heavy (non-hydrogen) atoms. The van der Waals surface area contributed by atoms with Gasteiger partial charge in [-0.05, 0) is 40.2 Å². The van der Waals surface area contributed by atoms with Crippen LogP contribution in [0.4, 0.5) is 0 Å². The van der Waals surface area contributed by atoms with Gasteiger partial charge in [-0.1, -0.05) is 0 Å². The van der Waals surface area contributed by atoms with Crippen molar-refractivity contribution in [2.45, 2.75) is 46.8 Å². The highest BCUT2D eigenvalue weighted by Crippen LogP contribution is 2.28. The minimum atomic E-state index is -0.792. The van der Waals surface area contributed by atoms with Crippen molar-refractivity contribution in [1.82, 2.24) is 9.55 Å². The lowest BCUT2D eigenvalue weighted by Gasteiger charge is -2.13. The van der Waals surface area contributed by atoms with Gasteiger partial charge in [0, 0.05) is 0 Å². The fourth-order valence-corrected chi connectivity index (χ4v) is 3.27. The lowest BCUT2D eigenvalue weighted by Crippen LogP contribution is -2.29. The maximum absolute atomic E-state index is 12.7. The zero-order chi connectivity index (χ0) is 18.0. The third kappa shape index (κ3) is 3.33. The fourth-order valence-electron chi connectivity index (χ4n) is 2.25. The Balaban J connectivity index is 2.52. The van der Waals surface area contributed by atoms with Gasteiger partial charge in [-0.3, -0.25) is 9.36 Å². The summed E-state index contributed by atoms with van der Waals surface area (Å²) < 4.78 is 11.4. The van der Waals surface area contributed by atoms with Crippen LogP contribution in [0.5, 0.6) is 0 Å². The largest absolute Gasteiger partial charge is 0.464 e. The highest BCUT2D eigenvalue weighted by molar-refractivity contribution is 7.20. The van der Waals surface area contributed by atoms with Crippen LogP contribution < -0.4 is 5.56 Å². The summed E-state index contributed by atoms with van der Waals surface area (Å²) in [4.78, 5) is 41.8. The molecular weight excluding hydrogens is 332 g/mol. The van der Waals surface area contributed by atoms with E-state index in [1.165, 1.54) is 10.9 Å². The van der Waals surface area contributed by atoms with Crippen molar-refractivity contribution in [3.63, 3.8) is 0 Å². The first-order valence-corrected chi connectivity index (χ1v) is 8.47. The third-order valence-electron chi connectivity index (χ3n) is 3.45. The summed E-state index contributed by atoms with van der Waals surface area (Å²) in [6.45, 7) is 8.70. The number of hydrogen-bond donors (Lipinski definition) is 0. The SMILES string of the molecule is CCOC(=O)[C@H](C)n1cnc2sc(C(=O)OC(C)C)c(C)c2c1=O. The van der Waals surface area contributed by atoms with Crippen LogP contribution in [0.3, 0.4) is 0 Å². The molecule has 0 saturated heterocycles. The summed E-state index contributed by atoms with van der Waals surface area (Å²) in [5, 5.41) is 0.328. The standard InChI is InChI=1S/C16H20N2O5S/c1-6-22-15(20)10(5)18-7-17-13-11(14(18)19)9(4)12(24-13)16(21)23-8(2)3/h7-8,10H,6H2,1-5H3/t10-/m0/s1. The zero-order valence-corrected chi connectivity index (χ0v) is 15.1. The molecule has 2 heterocycles. The van der Waals surface area contributed by atoms with Gasteiger partial charge in [0.1, 0.15) is 15.7 Å². The molecule has 7 nitrogen and oxygen atoms in total. The Hall–Kier alpha value is -2.22. The second-order valence-corrected chi connectivity index (χ2v) is 6.57. The molecule has 8 heteroatoms. The van der Waals surface area contributed by atoms with Gasteiger partial charge in [0.05, 0.1) is 24.4 Å². The number of carbonyl (C=O) groups is 2. The fraction of sp³-hybridized carbons (Fsp3) is 0.500. The molecule has 2 rings (SSSR count). The summed E-state index contributed by atoms with van der Waals surface area (Å²) in [7, 11) is 0. The molecule has 0 N–H and O–H groups in total. The summed E-state index contributed by atoms with van der Waals surface area (Å²) >= 11 is 1.11. The number of ether oxygens (including phenoxy) is 2. The molecule has 0 fully saturated rings. The molecule has 2 aromatic heterocycles. The summed E-state index contributed by atoms with van der Waals surface area (Å²) in [6.07, 6.45) is 1.05. The van der Waals surface area contributed by atoms with Crippen molar-refractivity contribution >= 4 is 33.5 Å². The number of carbonyl (C=O) groups excluding carboxylic acids is 2. The van der Waals surface area contributed by atoms with Crippen LogP contribution in [0.25, 0.3) is 10.2 Å². The average molecular weight is 352 g/mol. The van der Waals surface area contributed by atoms with E-state index in [1.54, 1.807) is 34.6 Å². The normalized spacial score (nSPS) is 12.4. The smallest absolute Gasteiger partial charge is 0.348 e. The molecule has 0 aliphatic rings. The number of aromatic nitrogens is 2. The van der Waals surface area contributed by atoms with Crippen LogP contribution in [0.15, 0.2) is 11.1 Å². The van der Waals surface area contributed by atoms with Gasteiger partial charge in [-0.15, -0.1) is 11.3 Å². The van der Waals surface area contributed by atoms with E-state index in [0.29, 0.717) is 20.7 Å². The number of esters is 2.